The zero-order valence-corrected chi connectivity index (χ0v) is 13.8. The molecule has 124 valence electrons. The van der Waals surface area contributed by atoms with Gasteiger partial charge in [-0.25, -0.2) is 0 Å². The minimum atomic E-state index is -0.0624. The Morgan fingerprint density at radius 2 is 1.96 bits per heavy atom. The van der Waals surface area contributed by atoms with E-state index in [4.69, 9.17) is 0 Å². The van der Waals surface area contributed by atoms with Crippen LogP contribution in [0.25, 0.3) is 0 Å². The summed E-state index contributed by atoms with van der Waals surface area (Å²) in [7, 11) is 1.87. The predicted molar refractivity (Wildman–Crippen MR) is 87.1 cm³/mol. The van der Waals surface area contributed by atoms with Gasteiger partial charge >= 0.3 is 0 Å². The van der Waals surface area contributed by atoms with Gasteiger partial charge in [0.15, 0.2) is 0 Å². The van der Waals surface area contributed by atoms with E-state index in [-0.39, 0.29) is 23.9 Å². The van der Waals surface area contributed by atoms with Crippen LogP contribution < -0.4 is 5.32 Å². The quantitative estimate of drug-likeness (QED) is 0.896. The van der Waals surface area contributed by atoms with E-state index in [9.17, 15) is 9.59 Å². The second-order valence-electron chi connectivity index (χ2n) is 6.54. The molecule has 1 atom stereocenters. The summed E-state index contributed by atoms with van der Waals surface area (Å²) >= 11 is 0. The topological polar surface area (TPSA) is 65.5 Å². The fourth-order valence-electron chi connectivity index (χ4n) is 3.37. The van der Waals surface area contributed by atoms with Gasteiger partial charge in [-0.3, -0.25) is 19.5 Å². The first-order valence-corrected chi connectivity index (χ1v) is 8.27. The SMILES string of the molecule is Cc1ccc(C(=O)NC2CCN(C3CCN(C)C3=O)CC2)cn1. The summed E-state index contributed by atoms with van der Waals surface area (Å²) in [4.78, 5) is 32.6. The summed E-state index contributed by atoms with van der Waals surface area (Å²) in [5.41, 5.74) is 1.51. The molecule has 6 nitrogen and oxygen atoms in total. The molecule has 2 aliphatic rings. The standard InChI is InChI=1S/C17H24N4O2/c1-12-3-4-13(11-18-12)16(22)19-14-5-9-21(10-6-14)15-7-8-20(2)17(15)23/h3-4,11,14-15H,5-10H2,1-2H3,(H,19,22). The average molecular weight is 316 g/mol. The number of carbonyl (C=O) groups is 2. The molecule has 1 aromatic heterocycles. The van der Waals surface area contributed by atoms with Crippen molar-refractivity contribution in [2.24, 2.45) is 0 Å². The Morgan fingerprint density at radius 1 is 1.22 bits per heavy atom. The van der Waals surface area contributed by atoms with E-state index in [1.807, 2.05) is 24.9 Å². The first kappa shape index (κ1) is 15.9. The molecule has 1 unspecified atom stereocenters. The minimum absolute atomic E-state index is 0.0398. The fraction of sp³-hybridized carbons (Fsp3) is 0.588. The molecule has 3 rings (SSSR count). The number of aromatic nitrogens is 1. The van der Waals surface area contributed by atoms with Gasteiger partial charge in [0.1, 0.15) is 0 Å². The second-order valence-corrected chi connectivity index (χ2v) is 6.54. The number of nitrogens with zero attached hydrogens (tertiary/aromatic N) is 3. The predicted octanol–water partition coefficient (Wildman–Crippen LogP) is 0.815. The molecule has 2 amide bonds. The minimum Gasteiger partial charge on any atom is -0.349 e. The van der Waals surface area contributed by atoms with Crippen molar-refractivity contribution in [1.82, 2.24) is 20.1 Å². The van der Waals surface area contributed by atoms with Gasteiger partial charge in [-0.05, 0) is 38.3 Å². The molecule has 1 aromatic rings. The maximum absolute atomic E-state index is 12.2. The Labute approximate surface area is 136 Å². The Morgan fingerprint density at radius 3 is 2.52 bits per heavy atom. The smallest absolute Gasteiger partial charge is 0.253 e. The van der Waals surface area contributed by atoms with Gasteiger partial charge in [0, 0.05) is 44.6 Å². The average Bonchev–Trinajstić information content (AvgIpc) is 2.88. The van der Waals surface area contributed by atoms with Crippen molar-refractivity contribution in [2.75, 3.05) is 26.7 Å². The Bertz CT molecular complexity index is 579. The summed E-state index contributed by atoms with van der Waals surface area (Å²) in [6, 6.07) is 3.87. The van der Waals surface area contributed by atoms with Crippen LogP contribution in [0.5, 0.6) is 0 Å². The van der Waals surface area contributed by atoms with Crippen LogP contribution in [0.2, 0.25) is 0 Å². The third-order valence-corrected chi connectivity index (χ3v) is 4.88. The number of aryl methyl sites for hydroxylation is 1. The molecule has 0 radical (unpaired) electrons. The van der Waals surface area contributed by atoms with Crippen molar-refractivity contribution in [3.8, 4) is 0 Å². The molecule has 2 saturated heterocycles. The molecule has 6 heteroatoms. The number of piperidine rings is 1. The van der Waals surface area contributed by atoms with Gasteiger partial charge < -0.3 is 10.2 Å². The number of carbonyl (C=O) groups excluding carboxylic acids is 2. The summed E-state index contributed by atoms with van der Waals surface area (Å²) in [6.45, 7) is 4.47. The highest BCUT2D eigenvalue weighted by molar-refractivity contribution is 5.94. The van der Waals surface area contributed by atoms with Crippen LogP contribution in [0.3, 0.4) is 0 Å². The number of amides is 2. The number of rotatable bonds is 3. The number of likely N-dealkylation sites (tertiary alicyclic amines) is 2. The molecule has 0 aromatic carbocycles. The van der Waals surface area contributed by atoms with Crippen LogP contribution in [-0.2, 0) is 4.79 Å². The fourth-order valence-corrected chi connectivity index (χ4v) is 3.37. The maximum atomic E-state index is 12.2. The third-order valence-electron chi connectivity index (χ3n) is 4.88. The molecule has 0 bridgehead atoms. The Hall–Kier alpha value is -1.95. The highest BCUT2D eigenvalue weighted by Gasteiger charge is 2.35. The molecule has 2 aliphatic heterocycles. The lowest BCUT2D eigenvalue weighted by Gasteiger charge is -2.35. The van der Waals surface area contributed by atoms with Crippen molar-refractivity contribution in [2.45, 2.75) is 38.3 Å². The second kappa shape index (κ2) is 6.66. The number of nitrogens with one attached hydrogen (secondary N) is 1. The zero-order valence-electron chi connectivity index (χ0n) is 13.8. The van der Waals surface area contributed by atoms with Gasteiger partial charge in [-0.1, -0.05) is 0 Å². The molecule has 23 heavy (non-hydrogen) atoms. The Kier molecular flexibility index (Phi) is 4.61. The number of hydrogen-bond donors (Lipinski definition) is 1. The van der Waals surface area contributed by atoms with Gasteiger partial charge in [0.05, 0.1) is 11.6 Å². The van der Waals surface area contributed by atoms with Crippen LogP contribution in [0, 0.1) is 6.92 Å². The molecular weight excluding hydrogens is 292 g/mol. The van der Waals surface area contributed by atoms with Crippen LogP contribution in [0.1, 0.15) is 35.3 Å². The summed E-state index contributed by atoms with van der Waals surface area (Å²) < 4.78 is 0. The van der Waals surface area contributed by atoms with Crippen LogP contribution >= 0.6 is 0 Å². The van der Waals surface area contributed by atoms with Gasteiger partial charge in [0.2, 0.25) is 5.91 Å². The molecule has 0 saturated carbocycles. The normalized spacial score (nSPS) is 23.3. The van der Waals surface area contributed by atoms with E-state index in [0.717, 1.165) is 44.6 Å². The molecule has 2 fully saturated rings. The molecule has 3 heterocycles. The van der Waals surface area contributed by atoms with Gasteiger partial charge in [-0.2, -0.15) is 0 Å². The van der Waals surface area contributed by atoms with E-state index in [1.165, 1.54) is 0 Å². The highest BCUT2D eigenvalue weighted by Crippen LogP contribution is 2.20. The Balaban J connectivity index is 1.50. The molecule has 0 aliphatic carbocycles. The van der Waals surface area contributed by atoms with Crippen molar-refractivity contribution in [1.29, 1.82) is 0 Å². The van der Waals surface area contributed by atoms with Crippen LogP contribution in [-0.4, -0.2) is 65.4 Å². The first-order valence-electron chi connectivity index (χ1n) is 8.27. The van der Waals surface area contributed by atoms with Crippen molar-refractivity contribution < 1.29 is 9.59 Å². The van der Waals surface area contributed by atoms with E-state index >= 15 is 0 Å². The maximum Gasteiger partial charge on any atom is 0.253 e. The number of likely N-dealkylation sites (N-methyl/N-ethyl adjacent to an activating group) is 1. The third kappa shape index (κ3) is 3.52. The monoisotopic (exact) mass is 316 g/mol. The van der Waals surface area contributed by atoms with E-state index in [1.54, 1.807) is 12.3 Å². The lowest BCUT2D eigenvalue weighted by molar-refractivity contribution is -0.131. The zero-order chi connectivity index (χ0) is 16.4. The van der Waals surface area contributed by atoms with Gasteiger partial charge in [0.25, 0.3) is 5.91 Å². The van der Waals surface area contributed by atoms with Gasteiger partial charge in [-0.15, -0.1) is 0 Å². The summed E-state index contributed by atoms with van der Waals surface area (Å²) in [5, 5.41) is 3.08. The largest absolute Gasteiger partial charge is 0.349 e. The molecule has 0 spiro atoms. The molecular formula is C17H24N4O2. The van der Waals surface area contributed by atoms with Crippen molar-refractivity contribution in [3.63, 3.8) is 0 Å². The first-order chi connectivity index (χ1) is 11.0. The van der Waals surface area contributed by atoms with Crippen LogP contribution in [0.4, 0.5) is 0 Å². The summed E-state index contributed by atoms with van der Waals surface area (Å²) in [6.07, 6.45) is 4.31. The molecule has 1 N–H and O–H groups in total. The van der Waals surface area contributed by atoms with E-state index in [0.29, 0.717) is 5.56 Å². The lowest BCUT2D eigenvalue weighted by atomic mass is 10.0. The van der Waals surface area contributed by atoms with Crippen LogP contribution in [0.15, 0.2) is 18.3 Å². The highest BCUT2D eigenvalue weighted by atomic mass is 16.2. The number of pyridine rings is 1. The van der Waals surface area contributed by atoms with E-state index < -0.39 is 0 Å². The number of hydrogen-bond acceptors (Lipinski definition) is 4. The van der Waals surface area contributed by atoms with Crippen molar-refractivity contribution >= 4 is 11.8 Å². The lowest BCUT2D eigenvalue weighted by Crippen LogP contribution is -2.50. The summed E-state index contributed by atoms with van der Waals surface area (Å²) in [5.74, 6) is 0.172. The van der Waals surface area contributed by atoms with E-state index in [2.05, 4.69) is 15.2 Å². The van der Waals surface area contributed by atoms with Crippen molar-refractivity contribution in [3.05, 3.63) is 29.6 Å².